The molecule has 0 aliphatic heterocycles. The van der Waals surface area contributed by atoms with Gasteiger partial charge < -0.3 is 23.9 Å². The number of aryl methyl sites for hydroxylation is 3. The van der Waals surface area contributed by atoms with E-state index >= 15 is 0 Å². The second kappa shape index (κ2) is 8.91. The molecule has 0 aliphatic carbocycles. The molecule has 0 fully saturated rings. The van der Waals surface area contributed by atoms with Crippen molar-refractivity contribution in [3.8, 4) is 0 Å². The Morgan fingerprint density at radius 3 is 2.47 bits per heavy atom. The van der Waals surface area contributed by atoms with Gasteiger partial charge in [-0.1, -0.05) is 0 Å². The summed E-state index contributed by atoms with van der Waals surface area (Å²) in [6.07, 6.45) is 7.00. The number of nitrogens with two attached hydrogens (primary N) is 2. The number of aromatic nitrogens is 2. The number of hydrogen-bond acceptors (Lipinski definition) is 2. The van der Waals surface area contributed by atoms with Gasteiger partial charge in [0.15, 0.2) is 0 Å². The Kier molecular flexibility index (Phi) is 9.48. The summed E-state index contributed by atoms with van der Waals surface area (Å²) in [5, 5.41) is 0. The number of nitrogens with zero attached hydrogens (tertiary/aromatic N) is 2. The molecule has 7 heteroatoms. The van der Waals surface area contributed by atoms with Crippen molar-refractivity contribution < 1.29 is 17.0 Å². The summed E-state index contributed by atoms with van der Waals surface area (Å²) >= 11 is 0. The van der Waals surface area contributed by atoms with Crippen molar-refractivity contribution in [2.24, 2.45) is 7.05 Å². The van der Waals surface area contributed by atoms with E-state index in [1.165, 1.54) is 0 Å². The van der Waals surface area contributed by atoms with Gasteiger partial charge in [0.05, 0.1) is 13.6 Å². The van der Waals surface area contributed by atoms with E-state index in [4.69, 9.17) is 11.5 Å². The zero-order chi connectivity index (χ0) is 11.5. The summed E-state index contributed by atoms with van der Waals surface area (Å²) in [6.45, 7) is 0.911. The van der Waals surface area contributed by atoms with Gasteiger partial charge in [-0.3, -0.25) is 0 Å². The molecule has 0 bridgehead atoms. The van der Waals surface area contributed by atoms with Crippen LogP contribution in [0, 0.1) is 0 Å². The lowest BCUT2D eigenvalue weighted by Crippen LogP contribution is -3.00. The van der Waals surface area contributed by atoms with Crippen LogP contribution in [0.2, 0.25) is 0 Å². The third-order valence-electron chi connectivity index (χ3n) is 2.63. The Morgan fingerprint density at radius 1 is 1.21 bits per heavy atom. The molecule has 0 spiro atoms. The summed E-state index contributed by atoms with van der Waals surface area (Å²) in [4.78, 5) is 0. The molecule has 0 unspecified atom stereocenters. The lowest BCUT2D eigenvalue weighted by molar-refractivity contribution is -0.671. The van der Waals surface area contributed by atoms with Crippen molar-refractivity contribution in [1.82, 2.24) is 4.57 Å². The summed E-state index contributed by atoms with van der Waals surface area (Å²) in [5.74, 6) is 0. The minimum absolute atomic E-state index is 0. The largest absolute Gasteiger partial charge is 1.00 e. The zero-order valence-electron chi connectivity index (χ0n) is 10.6. The summed E-state index contributed by atoms with van der Waals surface area (Å²) < 4.78 is 4.14. The van der Waals surface area contributed by atoms with Crippen molar-refractivity contribution in [2.75, 3.05) is 11.5 Å². The Bertz CT molecular complexity index is 499. The van der Waals surface area contributed by atoms with Crippen molar-refractivity contribution in [3.63, 3.8) is 0 Å². The van der Waals surface area contributed by atoms with E-state index < -0.39 is 0 Å². The van der Waals surface area contributed by atoms with Crippen molar-refractivity contribution in [1.29, 1.82) is 0 Å². The van der Waals surface area contributed by atoms with E-state index in [2.05, 4.69) is 4.57 Å². The molecule has 0 atom stereocenters. The van der Waals surface area contributed by atoms with Crippen LogP contribution in [0.25, 0.3) is 0 Å². The summed E-state index contributed by atoms with van der Waals surface area (Å²) in [5.41, 5.74) is 14.3. The molecule has 108 valence electrons. The standard InChI is InChI=1S/C12H17N4.3ClH/c1-15-6-7-16(9-15)5-4-10-8-11(13)2-3-12(10)14;;;/h2-3,6-9H,4-5,13-14H2,1H3;3*1H/q+1;;;/p-1. The Balaban J connectivity index is 0. The average molecular weight is 326 g/mol. The number of benzene rings is 1. The maximum atomic E-state index is 5.89. The average Bonchev–Trinajstić information content (AvgIpc) is 2.66. The van der Waals surface area contributed by atoms with Gasteiger partial charge in [0.25, 0.3) is 0 Å². The van der Waals surface area contributed by atoms with Crippen molar-refractivity contribution >= 4 is 36.2 Å². The zero-order valence-corrected chi connectivity index (χ0v) is 13.0. The van der Waals surface area contributed by atoms with Gasteiger partial charge in [-0.2, -0.15) is 0 Å². The summed E-state index contributed by atoms with van der Waals surface area (Å²) in [6, 6.07) is 5.63. The second-order valence-electron chi connectivity index (χ2n) is 4.03. The first-order valence-corrected chi connectivity index (χ1v) is 5.30. The van der Waals surface area contributed by atoms with Crippen LogP contribution in [0.4, 0.5) is 11.4 Å². The van der Waals surface area contributed by atoms with E-state index in [1.807, 2.05) is 48.5 Å². The van der Waals surface area contributed by atoms with Crippen LogP contribution in [-0.2, 0) is 20.0 Å². The topological polar surface area (TPSA) is 60.8 Å². The number of nitrogen functional groups attached to an aromatic ring is 2. The smallest absolute Gasteiger partial charge is 0.243 e. The highest BCUT2D eigenvalue weighted by Gasteiger charge is 2.04. The first kappa shape index (κ1) is 20.2. The van der Waals surface area contributed by atoms with E-state index in [1.54, 1.807) is 0 Å². The monoisotopic (exact) mass is 324 g/mol. The van der Waals surface area contributed by atoms with E-state index in [0.29, 0.717) is 0 Å². The maximum Gasteiger partial charge on any atom is 0.243 e. The highest BCUT2D eigenvalue weighted by Crippen LogP contribution is 2.16. The van der Waals surface area contributed by atoms with Gasteiger partial charge in [-0.15, -0.1) is 24.8 Å². The number of hydrogen-bond donors (Lipinski definition) is 2. The van der Waals surface area contributed by atoms with E-state index in [0.717, 1.165) is 29.9 Å². The fourth-order valence-electron chi connectivity index (χ4n) is 1.73. The molecule has 19 heavy (non-hydrogen) atoms. The molecule has 1 aromatic carbocycles. The number of halogens is 3. The third-order valence-corrected chi connectivity index (χ3v) is 2.63. The molecule has 4 N–H and O–H groups in total. The van der Waals surface area contributed by atoms with Crippen molar-refractivity contribution in [3.05, 3.63) is 42.5 Å². The highest BCUT2D eigenvalue weighted by atomic mass is 35.5. The van der Waals surface area contributed by atoms with Gasteiger partial charge in [0.2, 0.25) is 6.33 Å². The molecule has 1 aromatic heterocycles. The molecular weight excluding hydrogens is 307 g/mol. The van der Waals surface area contributed by atoms with E-state index in [9.17, 15) is 0 Å². The van der Waals surface area contributed by atoms with Crippen LogP contribution in [-0.4, -0.2) is 4.57 Å². The van der Waals surface area contributed by atoms with Crippen molar-refractivity contribution in [2.45, 2.75) is 13.0 Å². The highest BCUT2D eigenvalue weighted by molar-refractivity contribution is 5.85. The number of anilines is 2. The lowest BCUT2D eigenvalue weighted by Gasteiger charge is -2.05. The van der Waals surface area contributed by atoms with Gasteiger partial charge >= 0.3 is 0 Å². The SMILES string of the molecule is C[n+]1ccn(CCc2cc(N)ccc2N)c1.Cl.Cl.[Cl-]. The predicted octanol–water partition coefficient (Wildman–Crippen LogP) is -1.43. The quantitative estimate of drug-likeness (QED) is 0.537. The van der Waals surface area contributed by atoms with E-state index in [-0.39, 0.29) is 37.2 Å². The molecule has 1 heterocycles. The lowest BCUT2D eigenvalue weighted by atomic mass is 10.1. The number of rotatable bonds is 3. The third kappa shape index (κ3) is 5.59. The molecule has 0 saturated heterocycles. The molecule has 2 aromatic rings. The first-order chi connectivity index (χ1) is 7.65. The fourth-order valence-corrected chi connectivity index (χ4v) is 1.73. The van der Waals surface area contributed by atoms with Gasteiger partial charge in [0.1, 0.15) is 12.4 Å². The maximum absolute atomic E-state index is 5.89. The molecule has 0 radical (unpaired) electrons. The molecular formula is C12H19Cl3N4. The first-order valence-electron chi connectivity index (χ1n) is 5.30. The summed E-state index contributed by atoms with van der Waals surface area (Å²) in [7, 11) is 2.01. The second-order valence-corrected chi connectivity index (χ2v) is 4.03. The molecule has 0 amide bonds. The Hall–Kier alpha value is -1.10. The van der Waals surface area contributed by atoms with Crippen LogP contribution < -0.4 is 28.4 Å². The van der Waals surface area contributed by atoms with Crippen LogP contribution >= 0.6 is 24.8 Å². The minimum Gasteiger partial charge on any atom is -1.00 e. The van der Waals surface area contributed by atoms with Crippen LogP contribution in [0.15, 0.2) is 36.9 Å². The number of imidazole rings is 1. The minimum atomic E-state index is 0. The molecule has 0 aliphatic rings. The van der Waals surface area contributed by atoms with Crippen LogP contribution in [0.5, 0.6) is 0 Å². The normalized spacial score (nSPS) is 8.89. The van der Waals surface area contributed by atoms with Crippen LogP contribution in [0.3, 0.4) is 0 Å². The van der Waals surface area contributed by atoms with Gasteiger partial charge in [0, 0.05) is 17.8 Å². The Labute approximate surface area is 132 Å². The predicted molar refractivity (Wildman–Crippen MR) is 79.1 cm³/mol. The molecule has 4 nitrogen and oxygen atoms in total. The van der Waals surface area contributed by atoms with Gasteiger partial charge in [-0.05, 0) is 23.8 Å². The molecule has 2 rings (SSSR count). The van der Waals surface area contributed by atoms with Gasteiger partial charge in [-0.25, -0.2) is 9.13 Å². The molecule has 0 saturated carbocycles. The fraction of sp³-hybridized carbons (Fsp3) is 0.250. The Morgan fingerprint density at radius 2 is 1.89 bits per heavy atom. The van der Waals surface area contributed by atoms with Crippen LogP contribution in [0.1, 0.15) is 5.56 Å².